The molecule has 0 saturated carbocycles. The monoisotopic (exact) mass is 2160 g/mol. The van der Waals surface area contributed by atoms with Crippen LogP contribution in [0.1, 0.15) is 206 Å². The van der Waals surface area contributed by atoms with Crippen LogP contribution in [0.2, 0.25) is 0 Å². The minimum atomic E-state index is -1.02. The number of aliphatic hydroxyl groups is 5. The summed E-state index contributed by atoms with van der Waals surface area (Å²) in [6.07, 6.45) is 2.75. The van der Waals surface area contributed by atoms with Gasteiger partial charge in [0.15, 0.2) is 34.7 Å². The molecule has 0 bridgehead atoms. The average Bonchev–Trinajstić information content (AvgIpc) is 1.58. The quantitative estimate of drug-likeness (QED) is 0.0122. The van der Waals surface area contributed by atoms with Crippen molar-refractivity contribution in [3.63, 3.8) is 0 Å². The molecule has 11 aromatic carbocycles. The third-order valence-electron chi connectivity index (χ3n) is 24.5. The maximum Gasteiger partial charge on any atom is 1.00 e. The number of carboxylic acid groups (broad SMARTS) is 2. The van der Waals surface area contributed by atoms with Gasteiger partial charge in [-0.1, -0.05) is 357 Å². The fraction of sp³-hybridized carbons (Fsp3) is 0.403. The van der Waals surface area contributed by atoms with Gasteiger partial charge in [-0.05, 0) is 222 Å². The summed E-state index contributed by atoms with van der Waals surface area (Å²) in [5.74, 6) is -3.29. The Hall–Kier alpha value is -4.51. The van der Waals surface area contributed by atoms with Crippen molar-refractivity contribution in [2.24, 2.45) is 59.2 Å². The molecule has 0 fully saturated rings. The topological polar surface area (TPSA) is 230 Å². The van der Waals surface area contributed by atoms with Crippen molar-refractivity contribution in [3.05, 3.63) is 358 Å². The first kappa shape index (κ1) is 157. The smallest absolute Gasteiger partial charge is 1.00 e. The zero-order valence-corrected chi connectivity index (χ0v) is 95.5. The van der Waals surface area contributed by atoms with Crippen LogP contribution in [0.4, 0.5) is 30.7 Å². The van der Waals surface area contributed by atoms with Gasteiger partial charge in [0.25, 0.3) is 0 Å². The van der Waals surface area contributed by atoms with Gasteiger partial charge in [-0.15, -0.1) is 0 Å². The SMILES string of the molecule is C.C.C.CC(=O)C(C)C(=O)Cc1ccccc1F.CC(=O)C(C)C(O)Cc1ccccc1F.CC(C)C(=O)[O-].CC(C)C(C)Cc1ccccc1F.CC(C)C(O)Cc1ccccc1F.CC(C)C1Cc2ccccc2P1c1ccccc1P1c2ccccc2CC1C(C)C.CC(CO)C(O)Cc1ccccc1F.CCC(C)C(O)Cc1ccccc1F.O=C(O)Cc1ccccc1F.[AlH3].[AlH3].[H-].[H-].[K+].[Li+].[Li+].[Li+].[Li+].[PH-]c1ccccc1[PH-]. The van der Waals surface area contributed by atoms with Crippen molar-refractivity contribution in [3.8, 4) is 0 Å². The first-order valence-electron chi connectivity index (χ1n) is 47.6. The molecule has 2 aliphatic rings. The molecule has 792 valence electrons. The Morgan fingerprint density at radius 2 is 0.617 bits per heavy atom. The van der Waals surface area contributed by atoms with Gasteiger partial charge in [-0.3, -0.25) is 19.2 Å². The number of carbonyl (C=O) groups excluding carboxylic acids is 4. The fourth-order valence-corrected chi connectivity index (χ4v) is 21.6. The number of halogens is 7. The van der Waals surface area contributed by atoms with Gasteiger partial charge in [0.05, 0.1) is 36.8 Å². The Labute approximate surface area is 1010 Å². The summed E-state index contributed by atoms with van der Waals surface area (Å²) in [5, 5.41) is 74.0. The van der Waals surface area contributed by atoms with Crippen molar-refractivity contribution >= 4 is 130 Å². The summed E-state index contributed by atoms with van der Waals surface area (Å²) in [5.41, 5.74) is 8.21. The summed E-state index contributed by atoms with van der Waals surface area (Å²) in [7, 11) is 6.17. The van der Waals surface area contributed by atoms with Crippen molar-refractivity contribution in [1.82, 2.24) is 0 Å². The second-order valence-corrected chi connectivity index (χ2v) is 42.7. The van der Waals surface area contributed by atoms with Crippen LogP contribution in [0.3, 0.4) is 0 Å². The van der Waals surface area contributed by atoms with Gasteiger partial charge < -0.3 is 61.9 Å². The summed E-state index contributed by atoms with van der Waals surface area (Å²) in [4.78, 5) is 53.2. The number of rotatable bonds is 29. The van der Waals surface area contributed by atoms with Gasteiger partial charge in [-0.2, -0.15) is 0 Å². The molecule has 6 N–H and O–H groups in total. The number of fused-ring (bicyclic) bond motifs is 2. The number of aliphatic carboxylic acids is 2. The molecule has 0 saturated heterocycles. The van der Waals surface area contributed by atoms with Crippen LogP contribution in [0, 0.1) is 99.9 Å². The van der Waals surface area contributed by atoms with Crippen molar-refractivity contribution < 1.29 is 220 Å². The Balaban J connectivity index is -0.000000216. The molecule has 0 aliphatic carbocycles. The Bertz CT molecular complexity index is 5370. The molecular formula is C119H164Al2F7KLi4O12P4. The second-order valence-electron chi connectivity index (χ2n) is 36.9. The van der Waals surface area contributed by atoms with Gasteiger partial charge in [0.2, 0.25) is 0 Å². The van der Waals surface area contributed by atoms with Gasteiger partial charge in [0, 0.05) is 56.5 Å². The van der Waals surface area contributed by atoms with E-state index in [2.05, 4.69) is 140 Å². The molecule has 149 heavy (non-hydrogen) atoms. The summed E-state index contributed by atoms with van der Waals surface area (Å²) >= 11 is 0. The number of benzene rings is 11. The number of hydrogen-bond acceptors (Lipinski definition) is 11. The Morgan fingerprint density at radius 3 is 0.872 bits per heavy atom. The Kier molecular flexibility index (Phi) is 89.4. The van der Waals surface area contributed by atoms with E-state index < -0.39 is 59.8 Å². The summed E-state index contributed by atoms with van der Waals surface area (Å²) < 4.78 is 91.7. The summed E-state index contributed by atoms with van der Waals surface area (Å²) in [6, 6.07) is 80.8. The minimum absolute atomic E-state index is 0. The third kappa shape index (κ3) is 57.0. The predicted molar refractivity (Wildman–Crippen MR) is 602 cm³/mol. The maximum atomic E-state index is 13.2. The molecule has 13 atom stereocenters. The molecule has 0 spiro atoms. The fourth-order valence-electron chi connectivity index (χ4n) is 14.2. The molecule has 0 aromatic heterocycles. The molecule has 13 rings (SSSR count). The molecule has 11 aromatic rings. The number of carbonyl (C=O) groups is 5. The van der Waals surface area contributed by atoms with Gasteiger partial charge in [-0.25, -0.2) is 41.3 Å². The van der Waals surface area contributed by atoms with E-state index in [4.69, 9.17) is 10.2 Å². The van der Waals surface area contributed by atoms with Crippen LogP contribution < -0.4 is 164 Å². The van der Waals surface area contributed by atoms with Crippen LogP contribution >= 0.6 is 34.3 Å². The predicted octanol–water partition coefficient (Wildman–Crippen LogP) is 6.86. The van der Waals surface area contributed by atoms with E-state index in [1.54, 1.807) is 170 Å². The largest absolute Gasteiger partial charge is 1.00 e. The second kappa shape index (κ2) is 84.7. The molecule has 2 heterocycles. The molecule has 13 unspecified atom stereocenters. The molecule has 2 aliphatic heterocycles. The summed E-state index contributed by atoms with van der Waals surface area (Å²) in [6.45, 7) is 34.9. The van der Waals surface area contributed by atoms with Crippen molar-refractivity contribution in [1.29, 1.82) is 0 Å². The maximum absolute atomic E-state index is 13.2. The minimum Gasteiger partial charge on any atom is -1.00 e. The van der Waals surface area contributed by atoms with Crippen LogP contribution in [-0.2, 0) is 81.8 Å². The van der Waals surface area contributed by atoms with E-state index in [9.17, 15) is 80.2 Å². The van der Waals surface area contributed by atoms with Crippen LogP contribution in [0.25, 0.3) is 0 Å². The van der Waals surface area contributed by atoms with Crippen LogP contribution in [0.15, 0.2) is 267 Å². The van der Waals surface area contributed by atoms with E-state index in [0.717, 1.165) is 40.3 Å². The van der Waals surface area contributed by atoms with Crippen LogP contribution in [-0.4, -0.2) is 137 Å². The number of Topliss-reactive ketones (excluding diaryl/α,β-unsaturated/α-hetero) is 3. The Morgan fingerprint density at radius 1 is 0.362 bits per heavy atom. The molecule has 0 amide bonds. The van der Waals surface area contributed by atoms with Crippen molar-refractivity contribution in [2.45, 2.75) is 247 Å². The van der Waals surface area contributed by atoms with Gasteiger partial charge >= 0.3 is 133 Å². The molecule has 12 nitrogen and oxygen atoms in total. The average molecular weight is 2160 g/mol. The standard InChI is InChI=1S/C28H32P2.C12H15FO2.C12H13FO2.C12H17FO.C12H17F.C11H15FO2.C11H15FO.C8H7FO2.C6H6P2.C4H8O2.3CH4.2Al.K.4Li.8H/c1-19(2)27-17-21-11-5-7-13-23(21)29(27)25-15-9-10-16-26(25)30-24-14-8-6-12-22(24)18-28(30)20(3)4;2*1-8(9(2)14)12(15)7-10-5-3-4-6-11(10)13;1-3-9(2)12(14)8-10-6-4-5-7-11(10)13;1-9(2)10(3)8-11-6-4-5-7-12(11)13;1-8(7-13)11(14)6-9-4-2-3-5-10(9)12;1-8(2)11(13)7-9-5-3-4-6-10(9)12;9-7-4-2-1-3-6(7)5-8(10)11;7-5-3-1-2-4-6(5)8;1-3(2)4(5)6;;;;;;;;;;;;;;;;;;/h5-16,19-20,27-28H,17-18H2,1-4H3;3-6,8,12,15H,7H2,1-2H3;3-6,8H,7H2,1-2H3;4-7,9,12,14H,3,8H2,1-2H3;4-7,9-10H,8H2,1-3H3;2-5,8,11,13-14H,6-7H2,1H3;3-6,8,11,13H,7H2,1-2H3;1-4H,5H2,(H,10,11);1-4,7-8H;3H,1-2H3,(H,5,6);3*1H4;;;;;;;;;;;;;;;/q;;;;;;;;-2;;;;;;;5*+1;;;;;;;2*-1/p-1. The van der Waals surface area contributed by atoms with Crippen LogP contribution in [0.5, 0.6) is 0 Å². The van der Waals surface area contributed by atoms with E-state index in [1.807, 2.05) is 64.1 Å². The number of ketones is 3. The first-order valence-corrected chi connectivity index (χ1v) is 51.4. The van der Waals surface area contributed by atoms with E-state index >= 15 is 0 Å². The first-order chi connectivity index (χ1) is 65.8. The van der Waals surface area contributed by atoms with Gasteiger partial charge in [0.1, 0.15) is 58.1 Å². The number of hydrogen-bond donors (Lipinski definition) is 6. The third-order valence-corrected chi connectivity index (χ3v) is 32.4. The zero-order valence-electron chi connectivity index (χ0n) is 90.6. The van der Waals surface area contributed by atoms with E-state index in [1.165, 1.54) is 81.3 Å². The molecule has 30 heteroatoms. The molecular weight excluding hydrogens is 2000 g/mol. The number of aliphatic hydroxyl groups excluding tert-OH is 5. The zero-order chi connectivity index (χ0) is 104. The van der Waals surface area contributed by atoms with E-state index in [-0.39, 0.29) is 310 Å². The van der Waals surface area contributed by atoms with E-state index in [0.29, 0.717) is 64.3 Å². The normalized spacial score (nSPS) is 14.5. The van der Waals surface area contributed by atoms with Crippen molar-refractivity contribution in [2.75, 3.05) is 6.61 Å². The number of carboxylic acids is 2. The molecule has 0 radical (unpaired) electrons.